The van der Waals surface area contributed by atoms with Crippen molar-refractivity contribution in [2.24, 2.45) is 5.41 Å². The number of nitrogens with one attached hydrogen (secondary N) is 1. The molecule has 3 heterocycles. The molecule has 0 amide bonds. The summed E-state index contributed by atoms with van der Waals surface area (Å²) in [7, 11) is 0. The summed E-state index contributed by atoms with van der Waals surface area (Å²) in [5, 5.41) is 3.46. The lowest BCUT2D eigenvalue weighted by Gasteiger charge is -2.41. The molecule has 3 aliphatic rings. The third-order valence-corrected chi connectivity index (χ3v) is 9.70. The number of fused-ring (bicyclic) bond motifs is 1. The van der Waals surface area contributed by atoms with Gasteiger partial charge in [0, 0.05) is 30.9 Å². The molecule has 0 saturated carbocycles. The lowest BCUT2D eigenvalue weighted by Crippen LogP contribution is -2.40. The highest BCUT2D eigenvalue weighted by Crippen LogP contribution is 2.42. The Labute approximate surface area is 252 Å². The molecule has 230 valence electrons. The van der Waals surface area contributed by atoms with Crippen LogP contribution in [0.1, 0.15) is 66.8 Å². The van der Waals surface area contributed by atoms with Gasteiger partial charge in [-0.25, -0.2) is 17.6 Å². The number of anilines is 1. The predicted octanol–water partition coefficient (Wildman–Crippen LogP) is 7.51. The molecule has 2 fully saturated rings. The summed E-state index contributed by atoms with van der Waals surface area (Å²) in [4.78, 5) is 3.60. The summed E-state index contributed by atoms with van der Waals surface area (Å²) in [6.07, 6.45) is 4.50. The Bertz CT molecular complexity index is 1340. The minimum atomic E-state index is -2.62. The zero-order chi connectivity index (χ0) is 29.8. The minimum absolute atomic E-state index is 0.163. The van der Waals surface area contributed by atoms with Crippen molar-refractivity contribution in [2.45, 2.75) is 64.0 Å². The van der Waals surface area contributed by atoms with Crippen molar-refractivity contribution in [2.75, 3.05) is 44.2 Å². The number of ether oxygens (including phenoxy) is 1. The summed E-state index contributed by atoms with van der Waals surface area (Å²) in [6, 6.07) is 17.1. The molecule has 1 unspecified atom stereocenters. The molecule has 43 heavy (non-hydrogen) atoms. The van der Waals surface area contributed by atoms with Crippen molar-refractivity contribution in [3.63, 3.8) is 0 Å². The van der Waals surface area contributed by atoms with Crippen LogP contribution in [0.3, 0.4) is 0 Å². The van der Waals surface area contributed by atoms with Gasteiger partial charge in [0.05, 0.1) is 12.6 Å². The summed E-state index contributed by atoms with van der Waals surface area (Å²) in [5.74, 6) is -0.731. The van der Waals surface area contributed by atoms with Gasteiger partial charge in [-0.3, -0.25) is 4.90 Å². The molecule has 0 aliphatic carbocycles. The van der Waals surface area contributed by atoms with Gasteiger partial charge in [-0.2, -0.15) is 0 Å². The van der Waals surface area contributed by atoms with Gasteiger partial charge >= 0.3 is 0 Å². The highest BCUT2D eigenvalue weighted by Gasteiger charge is 2.36. The second-order valence-corrected chi connectivity index (χ2v) is 12.4. The fourth-order valence-electron chi connectivity index (χ4n) is 7.45. The number of nitrogens with zero attached hydrogens (tertiary/aromatic N) is 2. The first kappa shape index (κ1) is 29.9. The van der Waals surface area contributed by atoms with Gasteiger partial charge < -0.3 is 15.0 Å². The zero-order valence-corrected chi connectivity index (χ0v) is 24.6. The minimum Gasteiger partial charge on any atom is -0.489 e. The number of benzene rings is 3. The Morgan fingerprint density at radius 1 is 0.860 bits per heavy atom. The normalized spacial score (nSPS) is 21.0. The van der Waals surface area contributed by atoms with Gasteiger partial charge in [0.2, 0.25) is 0 Å². The molecular weight excluding hydrogens is 554 g/mol. The van der Waals surface area contributed by atoms with E-state index in [-0.39, 0.29) is 12.1 Å². The number of piperidine rings is 1. The van der Waals surface area contributed by atoms with Crippen LogP contribution in [0, 0.1) is 17.0 Å². The van der Waals surface area contributed by atoms with Gasteiger partial charge in [0.1, 0.15) is 24.0 Å². The Hall–Kier alpha value is -3.10. The van der Waals surface area contributed by atoms with Gasteiger partial charge in [-0.1, -0.05) is 36.4 Å². The van der Waals surface area contributed by atoms with Crippen molar-refractivity contribution in [3.05, 3.63) is 94.6 Å². The number of hydrogen-bond donors (Lipinski definition) is 1. The molecule has 1 N–H and O–H groups in total. The Kier molecular flexibility index (Phi) is 9.24. The monoisotopic (exact) mass is 595 g/mol. The third-order valence-electron chi connectivity index (χ3n) is 9.70. The van der Waals surface area contributed by atoms with E-state index in [9.17, 15) is 8.78 Å². The Morgan fingerprint density at radius 2 is 1.56 bits per heavy atom. The molecule has 6 rings (SSSR count). The first-order valence-electron chi connectivity index (χ1n) is 15.7. The molecule has 3 aliphatic heterocycles. The van der Waals surface area contributed by atoms with Crippen molar-refractivity contribution >= 4 is 5.69 Å². The van der Waals surface area contributed by atoms with E-state index in [1.165, 1.54) is 29.9 Å². The molecule has 1 atom stereocenters. The molecule has 8 heteroatoms. The quantitative estimate of drug-likeness (QED) is 0.286. The number of halogens is 4. The molecular formula is C35H41F4N3O. The fraction of sp³-hybridized carbons (Fsp3) is 0.486. The molecule has 4 nitrogen and oxygen atoms in total. The van der Waals surface area contributed by atoms with Crippen LogP contribution >= 0.6 is 0 Å². The van der Waals surface area contributed by atoms with Crippen LogP contribution in [0.4, 0.5) is 23.2 Å². The molecule has 1 spiro atoms. The molecule has 0 radical (unpaired) electrons. The van der Waals surface area contributed by atoms with Crippen LogP contribution in [-0.2, 0) is 13.0 Å². The van der Waals surface area contributed by atoms with Crippen molar-refractivity contribution in [3.8, 4) is 5.75 Å². The lowest BCUT2D eigenvalue weighted by atomic mass is 9.71. The average Bonchev–Trinajstić information content (AvgIpc) is 2.99. The van der Waals surface area contributed by atoms with Crippen LogP contribution in [0.5, 0.6) is 5.75 Å². The molecule has 2 saturated heterocycles. The maximum atomic E-state index is 16.0. The number of alkyl halides is 2. The van der Waals surface area contributed by atoms with Crippen LogP contribution in [-0.4, -0.2) is 50.6 Å². The first-order valence-corrected chi connectivity index (χ1v) is 15.7. The van der Waals surface area contributed by atoms with E-state index in [1.807, 2.05) is 36.4 Å². The topological polar surface area (TPSA) is 27.7 Å². The van der Waals surface area contributed by atoms with Crippen LogP contribution in [0.2, 0.25) is 0 Å². The van der Waals surface area contributed by atoms with Gasteiger partial charge in [-0.15, -0.1) is 0 Å². The summed E-state index contributed by atoms with van der Waals surface area (Å²) < 4.78 is 65.3. The highest BCUT2D eigenvalue weighted by atomic mass is 19.3. The maximum absolute atomic E-state index is 16.0. The van der Waals surface area contributed by atoms with Gasteiger partial charge in [0.25, 0.3) is 6.43 Å². The van der Waals surface area contributed by atoms with E-state index in [0.717, 1.165) is 63.0 Å². The summed E-state index contributed by atoms with van der Waals surface area (Å²) in [5.41, 5.74) is 3.29. The number of rotatable bonds is 7. The van der Waals surface area contributed by atoms with Crippen molar-refractivity contribution in [1.29, 1.82) is 0 Å². The van der Waals surface area contributed by atoms with Crippen molar-refractivity contribution in [1.82, 2.24) is 10.2 Å². The van der Waals surface area contributed by atoms with Crippen LogP contribution < -0.4 is 15.0 Å². The SMILES string of the molecule is Fc1cc(N2CCCC3(CCC2)CCNCC3)cc(F)c1C1c2ccc(OCc3ccccc3)cc2CCN1CC(F)F. The molecule has 0 aromatic heterocycles. The summed E-state index contributed by atoms with van der Waals surface area (Å²) >= 11 is 0. The van der Waals surface area contributed by atoms with Gasteiger partial charge in [0.15, 0.2) is 0 Å². The predicted molar refractivity (Wildman–Crippen MR) is 162 cm³/mol. The van der Waals surface area contributed by atoms with E-state index in [4.69, 9.17) is 4.74 Å². The second-order valence-electron chi connectivity index (χ2n) is 12.4. The largest absolute Gasteiger partial charge is 0.489 e. The lowest BCUT2D eigenvalue weighted by molar-refractivity contribution is 0.0686. The number of hydrogen-bond acceptors (Lipinski definition) is 4. The van der Waals surface area contributed by atoms with E-state index in [2.05, 4.69) is 10.2 Å². The van der Waals surface area contributed by atoms with Crippen molar-refractivity contribution < 1.29 is 22.3 Å². The van der Waals surface area contributed by atoms with E-state index in [1.54, 1.807) is 12.1 Å². The zero-order valence-electron chi connectivity index (χ0n) is 24.6. The van der Waals surface area contributed by atoms with Crippen LogP contribution in [0.15, 0.2) is 60.7 Å². The molecule has 3 aromatic rings. The molecule has 0 bridgehead atoms. The van der Waals surface area contributed by atoms with Gasteiger partial charge in [-0.05, 0) is 104 Å². The standard InChI is InChI=1S/C35H41F4N3O/c36-30-21-27(41-17-4-11-35(12-5-18-41)13-15-40-16-14-35)22-31(37)33(30)34-29-9-8-28(43-24-25-6-2-1-3-7-25)20-26(29)10-19-42(34)23-32(38)39/h1-3,6-9,20-22,32,34,40H,4-5,10-19,23-24H2. The summed E-state index contributed by atoms with van der Waals surface area (Å²) in [6.45, 7) is 3.74. The second kappa shape index (κ2) is 13.3. The average molecular weight is 596 g/mol. The van der Waals surface area contributed by atoms with E-state index in [0.29, 0.717) is 35.4 Å². The highest BCUT2D eigenvalue weighted by molar-refractivity contribution is 5.52. The smallest absolute Gasteiger partial charge is 0.251 e. The fourth-order valence-corrected chi connectivity index (χ4v) is 7.45. The van der Waals surface area contributed by atoms with E-state index >= 15 is 8.78 Å². The van der Waals surface area contributed by atoms with E-state index < -0.39 is 30.6 Å². The maximum Gasteiger partial charge on any atom is 0.251 e. The Morgan fingerprint density at radius 3 is 2.23 bits per heavy atom. The molecule has 3 aromatic carbocycles. The Balaban J connectivity index is 1.24. The third kappa shape index (κ3) is 6.86. The van der Waals surface area contributed by atoms with Crippen LogP contribution in [0.25, 0.3) is 0 Å². The first-order chi connectivity index (χ1) is 20.9.